The van der Waals surface area contributed by atoms with E-state index in [0.29, 0.717) is 0 Å². The fourth-order valence-corrected chi connectivity index (χ4v) is 3.14. The van der Waals surface area contributed by atoms with Crippen LogP contribution in [0.3, 0.4) is 0 Å². The quantitative estimate of drug-likeness (QED) is 0.795. The number of hydrogen-bond donors (Lipinski definition) is 1. The SMILES string of the molecule is C.CN(C)Cc1ccccc1Sc1ccc(Br)cc1N. The van der Waals surface area contributed by atoms with Crippen molar-refractivity contribution in [3.63, 3.8) is 0 Å². The van der Waals surface area contributed by atoms with Crippen molar-refractivity contribution in [1.29, 1.82) is 0 Å². The van der Waals surface area contributed by atoms with Crippen LogP contribution in [0.2, 0.25) is 0 Å². The molecular formula is C16H21BrN2S. The van der Waals surface area contributed by atoms with Crippen molar-refractivity contribution in [2.45, 2.75) is 23.8 Å². The normalized spacial score (nSPS) is 10.4. The number of benzene rings is 2. The Labute approximate surface area is 134 Å². The molecule has 108 valence electrons. The second-order valence-electron chi connectivity index (χ2n) is 4.63. The summed E-state index contributed by atoms with van der Waals surface area (Å²) in [7, 11) is 4.16. The molecule has 0 spiro atoms. The van der Waals surface area contributed by atoms with E-state index in [1.165, 1.54) is 10.5 Å². The Bertz CT molecular complexity index is 570. The van der Waals surface area contributed by atoms with Crippen LogP contribution in [0.1, 0.15) is 13.0 Å². The maximum atomic E-state index is 6.06. The minimum absolute atomic E-state index is 0. The molecule has 0 aromatic heterocycles. The molecule has 0 fully saturated rings. The fraction of sp³-hybridized carbons (Fsp3) is 0.250. The zero-order valence-corrected chi connectivity index (χ0v) is 13.5. The lowest BCUT2D eigenvalue weighted by Gasteiger charge is -2.14. The largest absolute Gasteiger partial charge is 0.398 e. The van der Waals surface area contributed by atoms with Gasteiger partial charge in [-0.3, -0.25) is 0 Å². The summed E-state index contributed by atoms with van der Waals surface area (Å²) >= 11 is 5.15. The number of nitrogens with two attached hydrogens (primary N) is 1. The Morgan fingerprint density at radius 2 is 1.80 bits per heavy atom. The number of rotatable bonds is 4. The van der Waals surface area contributed by atoms with Gasteiger partial charge in [0.15, 0.2) is 0 Å². The molecule has 0 radical (unpaired) electrons. The summed E-state index contributed by atoms with van der Waals surface area (Å²) in [6.45, 7) is 0.930. The maximum absolute atomic E-state index is 6.06. The molecule has 2 aromatic rings. The molecular weight excluding hydrogens is 332 g/mol. The summed E-state index contributed by atoms with van der Waals surface area (Å²) in [5.41, 5.74) is 8.18. The van der Waals surface area contributed by atoms with E-state index in [2.05, 4.69) is 65.3 Å². The Balaban J connectivity index is 0.00000200. The van der Waals surface area contributed by atoms with Gasteiger partial charge in [0.2, 0.25) is 0 Å². The van der Waals surface area contributed by atoms with Gasteiger partial charge in [-0.1, -0.05) is 53.3 Å². The lowest BCUT2D eigenvalue weighted by atomic mass is 10.2. The highest BCUT2D eigenvalue weighted by Crippen LogP contribution is 2.35. The zero-order chi connectivity index (χ0) is 13.8. The molecule has 0 bridgehead atoms. The van der Waals surface area contributed by atoms with Crippen LogP contribution in [-0.4, -0.2) is 19.0 Å². The van der Waals surface area contributed by atoms with E-state index in [4.69, 9.17) is 5.73 Å². The van der Waals surface area contributed by atoms with Crippen LogP contribution in [-0.2, 0) is 6.54 Å². The number of nitrogens with zero attached hydrogens (tertiary/aromatic N) is 1. The minimum Gasteiger partial charge on any atom is -0.398 e. The van der Waals surface area contributed by atoms with Gasteiger partial charge in [0, 0.05) is 26.5 Å². The lowest BCUT2D eigenvalue weighted by Crippen LogP contribution is -2.11. The average Bonchev–Trinajstić information content (AvgIpc) is 2.34. The Kier molecular flexibility index (Phi) is 6.59. The summed E-state index contributed by atoms with van der Waals surface area (Å²) in [5, 5.41) is 0. The summed E-state index contributed by atoms with van der Waals surface area (Å²) < 4.78 is 1.01. The highest BCUT2D eigenvalue weighted by atomic mass is 79.9. The van der Waals surface area contributed by atoms with Gasteiger partial charge in [-0.15, -0.1) is 0 Å². The van der Waals surface area contributed by atoms with Crippen LogP contribution in [0.25, 0.3) is 0 Å². The topological polar surface area (TPSA) is 29.3 Å². The molecule has 0 aliphatic rings. The van der Waals surface area contributed by atoms with Crippen molar-refractivity contribution in [1.82, 2.24) is 4.90 Å². The van der Waals surface area contributed by atoms with Crippen LogP contribution in [0, 0.1) is 0 Å². The van der Waals surface area contributed by atoms with Crippen molar-refractivity contribution in [3.05, 3.63) is 52.5 Å². The maximum Gasteiger partial charge on any atom is 0.0467 e. The third kappa shape index (κ3) is 4.54. The van der Waals surface area contributed by atoms with Gasteiger partial charge in [-0.25, -0.2) is 0 Å². The van der Waals surface area contributed by atoms with Crippen molar-refractivity contribution < 1.29 is 0 Å². The van der Waals surface area contributed by atoms with E-state index in [9.17, 15) is 0 Å². The molecule has 2 nitrogen and oxygen atoms in total. The first-order valence-corrected chi connectivity index (χ1v) is 7.62. The monoisotopic (exact) mass is 352 g/mol. The van der Waals surface area contributed by atoms with Crippen LogP contribution in [0.4, 0.5) is 5.69 Å². The number of nitrogen functional groups attached to an aromatic ring is 1. The highest BCUT2D eigenvalue weighted by molar-refractivity contribution is 9.10. The van der Waals surface area contributed by atoms with Gasteiger partial charge in [0.25, 0.3) is 0 Å². The number of halogens is 1. The molecule has 0 aliphatic heterocycles. The molecule has 0 saturated heterocycles. The predicted molar refractivity (Wildman–Crippen MR) is 93.2 cm³/mol. The molecule has 0 heterocycles. The molecule has 2 rings (SSSR count). The first-order valence-electron chi connectivity index (χ1n) is 6.02. The second-order valence-corrected chi connectivity index (χ2v) is 6.63. The summed E-state index contributed by atoms with van der Waals surface area (Å²) in [6.07, 6.45) is 0. The van der Waals surface area contributed by atoms with Gasteiger partial charge in [0.05, 0.1) is 0 Å². The molecule has 20 heavy (non-hydrogen) atoms. The average molecular weight is 353 g/mol. The van der Waals surface area contributed by atoms with Crippen LogP contribution in [0.15, 0.2) is 56.7 Å². The molecule has 0 saturated carbocycles. The van der Waals surface area contributed by atoms with Crippen molar-refractivity contribution >= 4 is 33.4 Å². The fourth-order valence-electron chi connectivity index (χ4n) is 1.81. The molecule has 2 N–H and O–H groups in total. The van der Waals surface area contributed by atoms with Crippen molar-refractivity contribution in [2.75, 3.05) is 19.8 Å². The first-order chi connectivity index (χ1) is 9.06. The van der Waals surface area contributed by atoms with Crippen molar-refractivity contribution in [2.24, 2.45) is 0 Å². The summed E-state index contributed by atoms with van der Waals surface area (Å²) in [5.74, 6) is 0. The van der Waals surface area contributed by atoms with E-state index < -0.39 is 0 Å². The zero-order valence-electron chi connectivity index (χ0n) is 11.1. The summed E-state index contributed by atoms with van der Waals surface area (Å²) in [6, 6.07) is 14.5. The second kappa shape index (κ2) is 7.72. The molecule has 0 atom stereocenters. The highest BCUT2D eigenvalue weighted by Gasteiger charge is 2.07. The number of hydrogen-bond acceptors (Lipinski definition) is 3. The van der Waals surface area contributed by atoms with Gasteiger partial charge < -0.3 is 10.6 Å². The van der Waals surface area contributed by atoms with E-state index >= 15 is 0 Å². The third-order valence-corrected chi connectivity index (χ3v) is 4.35. The van der Waals surface area contributed by atoms with Crippen molar-refractivity contribution in [3.8, 4) is 0 Å². The van der Waals surface area contributed by atoms with E-state index in [1.807, 2.05) is 12.1 Å². The molecule has 0 unspecified atom stereocenters. The Morgan fingerprint density at radius 1 is 1.10 bits per heavy atom. The van der Waals surface area contributed by atoms with Crippen LogP contribution >= 0.6 is 27.7 Å². The molecule has 2 aromatic carbocycles. The lowest BCUT2D eigenvalue weighted by molar-refractivity contribution is 0.399. The predicted octanol–water partition coefficient (Wildman–Crippen LogP) is 4.88. The number of anilines is 1. The third-order valence-electron chi connectivity index (χ3n) is 2.65. The van der Waals surface area contributed by atoms with E-state index in [-0.39, 0.29) is 7.43 Å². The molecule has 0 aliphatic carbocycles. The van der Waals surface area contributed by atoms with Gasteiger partial charge in [0.1, 0.15) is 0 Å². The van der Waals surface area contributed by atoms with Gasteiger partial charge in [-0.2, -0.15) is 0 Å². The Morgan fingerprint density at radius 3 is 2.45 bits per heavy atom. The summed E-state index contributed by atoms with van der Waals surface area (Å²) in [4.78, 5) is 4.52. The molecule has 0 amide bonds. The smallest absolute Gasteiger partial charge is 0.0467 e. The van der Waals surface area contributed by atoms with E-state index in [0.717, 1.165) is 21.6 Å². The Hall–Kier alpha value is -0.970. The van der Waals surface area contributed by atoms with Gasteiger partial charge in [-0.05, 0) is 43.9 Å². The van der Waals surface area contributed by atoms with Crippen LogP contribution in [0.5, 0.6) is 0 Å². The van der Waals surface area contributed by atoms with E-state index in [1.54, 1.807) is 11.8 Å². The van der Waals surface area contributed by atoms with Gasteiger partial charge >= 0.3 is 0 Å². The first kappa shape index (κ1) is 17.1. The minimum atomic E-state index is 0. The van der Waals surface area contributed by atoms with Crippen LogP contribution < -0.4 is 5.73 Å². The standard InChI is InChI=1S/C15H17BrN2S.CH4/c1-18(2)10-11-5-3-4-6-14(11)19-15-8-7-12(16)9-13(15)17;/h3-9H,10,17H2,1-2H3;1H4. The molecule has 4 heteroatoms.